The lowest BCUT2D eigenvalue weighted by Gasteiger charge is -2.10. The molecule has 0 unspecified atom stereocenters. The SMILES string of the molecule is CCc1cc(F)ccc1Oc1ccc2c(cnn2CCO)c1. The van der Waals surface area contributed by atoms with Crippen LogP contribution in [0.4, 0.5) is 4.39 Å². The van der Waals surface area contributed by atoms with Gasteiger partial charge < -0.3 is 9.84 Å². The van der Waals surface area contributed by atoms with Gasteiger partial charge in [0.25, 0.3) is 0 Å². The second kappa shape index (κ2) is 6.15. The van der Waals surface area contributed by atoms with Crippen molar-refractivity contribution in [3.63, 3.8) is 0 Å². The Morgan fingerprint density at radius 1 is 1.23 bits per heavy atom. The molecule has 22 heavy (non-hydrogen) atoms. The van der Waals surface area contributed by atoms with Crippen LogP contribution in [0.3, 0.4) is 0 Å². The van der Waals surface area contributed by atoms with Crippen LogP contribution in [0.5, 0.6) is 11.5 Å². The number of aliphatic hydroxyl groups is 1. The highest BCUT2D eigenvalue weighted by molar-refractivity contribution is 5.80. The molecule has 0 amide bonds. The zero-order chi connectivity index (χ0) is 15.5. The third-order valence-electron chi connectivity index (χ3n) is 3.56. The summed E-state index contributed by atoms with van der Waals surface area (Å²) in [4.78, 5) is 0. The van der Waals surface area contributed by atoms with Crippen LogP contribution in [0.25, 0.3) is 10.9 Å². The van der Waals surface area contributed by atoms with E-state index < -0.39 is 0 Å². The minimum atomic E-state index is -0.259. The molecule has 2 aromatic carbocycles. The number of benzene rings is 2. The maximum Gasteiger partial charge on any atom is 0.130 e. The Kier molecular flexibility index (Phi) is 4.06. The summed E-state index contributed by atoms with van der Waals surface area (Å²) in [6.07, 6.45) is 2.44. The molecule has 1 N–H and O–H groups in total. The van der Waals surface area contributed by atoms with Gasteiger partial charge in [0.15, 0.2) is 0 Å². The van der Waals surface area contributed by atoms with Crippen molar-refractivity contribution >= 4 is 10.9 Å². The highest BCUT2D eigenvalue weighted by atomic mass is 19.1. The van der Waals surface area contributed by atoms with Gasteiger partial charge in [-0.05, 0) is 48.4 Å². The van der Waals surface area contributed by atoms with Crippen LogP contribution in [-0.2, 0) is 13.0 Å². The van der Waals surface area contributed by atoms with Crippen LogP contribution >= 0.6 is 0 Å². The molecule has 0 saturated carbocycles. The predicted molar refractivity (Wildman–Crippen MR) is 82.7 cm³/mol. The van der Waals surface area contributed by atoms with Gasteiger partial charge in [0.1, 0.15) is 17.3 Å². The first-order chi connectivity index (χ1) is 10.7. The molecular weight excluding hydrogens is 283 g/mol. The molecule has 1 heterocycles. The van der Waals surface area contributed by atoms with Crippen LogP contribution < -0.4 is 4.74 Å². The van der Waals surface area contributed by atoms with Crippen molar-refractivity contribution in [2.24, 2.45) is 0 Å². The number of halogens is 1. The molecule has 0 bridgehead atoms. The van der Waals surface area contributed by atoms with E-state index in [0.29, 0.717) is 24.5 Å². The van der Waals surface area contributed by atoms with Crippen molar-refractivity contribution in [2.75, 3.05) is 6.61 Å². The number of hydrogen-bond acceptors (Lipinski definition) is 3. The average molecular weight is 300 g/mol. The molecule has 0 spiro atoms. The van der Waals surface area contributed by atoms with Crippen molar-refractivity contribution in [2.45, 2.75) is 19.9 Å². The van der Waals surface area contributed by atoms with Gasteiger partial charge in [-0.2, -0.15) is 5.10 Å². The Labute approximate surface area is 127 Å². The summed E-state index contributed by atoms with van der Waals surface area (Å²) in [5.41, 5.74) is 1.77. The minimum Gasteiger partial charge on any atom is -0.457 e. The second-order valence-corrected chi connectivity index (χ2v) is 5.02. The van der Waals surface area contributed by atoms with Gasteiger partial charge in [-0.25, -0.2) is 4.39 Å². The summed E-state index contributed by atoms with van der Waals surface area (Å²) >= 11 is 0. The van der Waals surface area contributed by atoms with Gasteiger partial charge in [-0.15, -0.1) is 0 Å². The largest absolute Gasteiger partial charge is 0.457 e. The fraction of sp³-hybridized carbons (Fsp3) is 0.235. The molecule has 0 saturated heterocycles. The average Bonchev–Trinajstić information content (AvgIpc) is 2.92. The lowest BCUT2D eigenvalue weighted by Crippen LogP contribution is -2.02. The summed E-state index contributed by atoms with van der Waals surface area (Å²) in [6.45, 7) is 2.47. The molecule has 5 heteroatoms. The number of nitrogens with zero attached hydrogens (tertiary/aromatic N) is 2. The Hall–Kier alpha value is -2.40. The number of fused-ring (bicyclic) bond motifs is 1. The molecule has 0 aliphatic carbocycles. The molecule has 0 radical (unpaired) electrons. The Balaban J connectivity index is 1.91. The van der Waals surface area contributed by atoms with E-state index in [2.05, 4.69) is 5.10 Å². The van der Waals surface area contributed by atoms with E-state index in [1.54, 1.807) is 16.9 Å². The van der Waals surface area contributed by atoms with E-state index >= 15 is 0 Å². The topological polar surface area (TPSA) is 47.3 Å². The Morgan fingerprint density at radius 3 is 2.86 bits per heavy atom. The van der Waals surface area contributed by atoms with E-state index in [4.69, 9.17) is 9.84 Å². The first-order valence-electron chi connectivity index (χ1n) is 7.24. The highest BCUT2D eigenvalue weighted by Gasteiger charge is 2.08. The third kappa shape index (κ3) is 2.80. The summed E-state index contributed by atoms with van der Waals surface area (Å²) < 4.78 is 20.9. The number of aliphatic hydroxyl groups excluding tert-OH is 1. The normalized spacial score (nSPS) is 11.0. The molecular formula is C17H17FN2O2. The third-order valence-corrected chi connectivity index (χ3v) is 3.56. The Morgan fingerprint density at radius 2 is 2.09 bits per heavy atom. The van der Waals surface area contributed by atoms with Crippen molar-refractivity contribution in [3.05, 3.63) is 54.0 Å². The summed E-state index contributed by atoms with van der Waals surface area (Å²) in [5, 5.41) is 14.2. The van der Waals surface area contributed by atoms with Gasteiger partial charge in [-0.1, -0.05) is 6.92 Å². The van der Waals surface area contributed by atoms with Crippen molar-refractivity contribution in [1.82, 2.24) is 9.78 Å². The zero-order valence-corrected chi connectivity index (χ0v) is 12.3. The molecule has 4 nitrogen and oxygen atoms in total. The number of rotatable bonds is 5. The van der Waals surface area contributed by atoms with E-state index in [0.717, 1.165) is 16.5 Å². The lowest BCUT2D eigenvalue weighted by atomic mass is 10.1. The van der Waals surface area contributed by atoms with Crippen molar-refractivity contribution < 1.29 is 14.2 Å². The monoisotopic (exact) mass is 300 g/mol. The van der Waals surface area contributed by atoms with Gasteiger partial charge >= 0.3 is 0 Å². The van der Waals surface area contributed by atoms with Gasteiger partial charge in [0.05, 0.1) is 24.9 Å². The predicted octanol–water partition coefficient (Wildman–Crippen LogP) is 3.52. The number of hydrogen-bond donors (Lipinski definition) is 1. The molecule has 1 aromatic heterocycles. The standard InChI is InChI=1S/C17H17FN2O2/c1-2-12-9-14(18)3-6-17(12)22-15-4-5-16-13(10-15)11-19-20(16)7-8-21/h3-6,9-11,21H,2,7-8H2,1H3. The molecule has 3 aromatic rings. The molecule has 0 aliphatic rings. The fourth-order valence-corrected chi connectivity index (χ4v) is 2.45. The maximum absolute atomic E-state index is 13.3. The van der Waals surface area contributed by atoms with Gasteiger partial charge in [0.2, 0.25) is 0 Å². The molecule has 0 aliphatic heterocycles. The summed E-state index contributed by atoms with van der Waals surface area (Å²) in [6, 6.07) is 10.2. The van der Waals surface area contributed by atoms with Crippen molar-refractivity contribution in [1.29, 1.82) is 0 Å². The molecule has 0 atom stereocenters. The first kappa shape index (κ1) is 14.5. The quantitative estimate of drug-likeness (QED) is 0.784. The number of aromatic nitrogens is 2. The van der Waals surface area contributed by atoms with E-state index in [1.165, 1.54) is 12.1 Å². The summed E-state index contributed by atoms with van der Waals surface area (Å²) in [5.74, 6) is 1.08. The van der Waals surface area contributed by atoms with Crippen molar-refractivity contribution in [3.8, 4) is 11.5 Å². The number of aryl methyl sites for hydroxylation is 1. The maximum atomic E-state index is 13.3. The van der Waals surface area contributed by atoms with Gasteiger partial charge in [-0.3, -0.25) is 4.68 Å². The zero-order valence-electron chi connectivity index (χ0n) is 12.3. The molecule has 0 fully saturated rings. The van der Waals surface area contributed by atoms with Gasteiger partial charge in [0, 0.05) is 5.39 Å². The first-order valence-corrected chi connectivity index (χ1v) is 7.24. The molecule has 3 rings (SSSR count). The van der Waals surface area contributed by atoms with E-state index in [-0.39, 0.29) is 12.4 Å². The van der Waals surface area contributed by atoms with E-state index in [9.17, 15) is 4.39 Å². The van der Waals surface area contributed by atoms with Crippen LogP contribution in [0, 0.1) is 5.82 Å². The Bertz CT molecular complexity index is 798. The molecule has 114 valence electrons. The second-order valence-electron chi connectivity index (χ2n) is 5.02. The van der Waals surface area contributed by atoms with Crippen LogP contribution in [0.2, 0.25) is 0 Å². The van der Waals surface area contributed by atoms with Crippen LogP contribution in [0.1, 0.15) is 12.5 Å². The van der Waals surface area contributed by atoms with Crippen LogP contribution in [-0.4, -0.2) is 21.5 Å². The fourth-order valence-electron chi connectivity index (χ4n) is 2.45. The van der Waals surface area contributed by atoms with Crippen LogP contribution in [0.15, 0.2) is 42.6 Å². The number of ether oxygens (including phenoxy) is 1. The minimum absolute atomic E-state index is 0.0461. The van der Waals surface area contributed by atoms with E-state index in [1.807, 2.05) is 25.1 Å². The smallest absolute Gasteiger partial charge is 0.130 e. The lowest BCUT2D eigenvalue weighted by molar-refractivity contribution is 0.271. The highest BCUT2D eigenvalue weighted by Crippen LogP contribution is 2.29. The summed E-state index contributed by atoms with van der Waals surface area (Å²) in [7, 11) is 0.